The number of hydrogen-bond acceptors (Lipinski definition) is 2. The van der Waals surface area contributed by atoms with Crippen molar-refractivity contribution in [3.8, 4) is 0 Å². The van der Waals surface area contributed by atoms with Crippen LogP contribution in [-0.4, -0.2) is 18.5 Å². The number of anilines is 1. The predicted molar refractivity (Wildman–Crippen MR) is 79.1 cm³/mol. The van der Waals surface area contributed by atoms with Gasteiger partial charge in [-0.05, 0) is 29.9 Å². The molecule has 0 radical (unpaired) electrons. The van der Waals surface area contributed by atoms with Crippen LogP contribution < -0.4 is 10.6 Å². The number of fused-ring (bicyclic) bond motifs is 1. The normalized spacial score (nSPS) is 20.3. The second-order valence-corrected chi connectivity index (χ2v) is 6.05. The smallest absolute Gasteiger partial charge is 0.228 e. The number of nitrogens with zero attached hydrogens (tertiary/aromatic N) is 1. The largest absolute Gasteiger partial charge is 0.327 e. The van der Waals surface area contributed by atoms with Crippen molar-refractivity contribution < 1.29 is 4.79 Å². The minimum atomic E-state index is -0.0584. The van der Waals surface area contributed by atoms with Gasteiger partial charge in [0.1, 0.15) is 0 Å². The predicted octanol–water partition coefficient (Wildman–Crippen LogP) is 2.59. The standard InChI is InChI=1S/C16H24N2O/c1-11(2)14(17)9-16(19)18-10-12(3)8-13-6-4-5-7-15(13)18/h4-7,11-12,14H,8-10,17H2,1-3H3. The maximum Gasteiger partial charge on any atom is 0.228 e. The molecule has 104 valence electrons. The quantitative estimate of drug-likeness (QED) is 0.908. The van der Waals surface area contributed by atoms with E-state index in [2.05, 4.69) is 26.8 Å². The van der Waals surface area contributed by atoms with Crippen molar-refractivity contribution in [2.75, 3.05) is 11.4 Å². The van der Waals surface area contributed by atoms with Gasteiger partial charge in [-0.1, -0.05) is 39.0 Å². The van der Waals surface area contributed by atoms with Crippen LogP contribution in [0.5, 0.6) is 0 Å². The first kappa shape index (κ1) is 14.1. The number of carbonyl (C=O) groups excluding carboxylic acids is 1. The van der Waals surface area contributed by atoms with Gasteiger partial charge in [-0.25, -0.2) is 0 Å². The van der Waals surface area contributed by atoms with Crippen molar-refractivity contribution >= 4 is 11.6 Å². The average Bonchev–Trinajstić information content (AvgIpc) is 2.37. The average molecular weight is 260 g/mol. The highest BCUT2D eigenvalue weighted by molar-refractivity contribution is 5.95. The molecule has 1 heterocycles. The summed E-state index contributed by atoms with van der Waals surface area (Å²) in [6.07, 6.45) is 1.48. The summed E-state index contributed by atoms with van der Waals surface area (Å²) < 4.78 is 0. The molecule has 19 heavy (non-hydrogen) atoms. The Morgan fingerprint density at radius 3 is 2.79 bits per heavy atom. The zero-order chi connectivity index (χ0) is 14.0. The van der Waals surface area contributed by atoms with Crippen LogP contribution in [0.25, 0.3) is 0 Å². The minimum Gasteiger partial charge on any atom is -0.327 e. The van der Waals surface area contributed by atoms with E-state index in [1.807, 2.05) is 23.1 Å². The van der Waals surface area contributed by atoms with Gasteiger partial charge in [0, 0.05) is 24.7 Å². The molecule has 1 aliphatic heterocycles. The molecule has 2 unspecified atom stereocenters. The number of amides is 1. The van der Waals surface area contributed by atoms with Gasteiger partial charge < -0.3 is 10.6 Å². The van der Waals surface area contributed by atoms with Gasteiger partial charge in [0.25, 0.3) is 0 Å². The maximum absolute atomic E-state index is 12.5. The van der Waals surface area contributed by atoms with Crippen molar-refractivity contribution in [3.05, 3.63) is 29.8 Å². The highest BCUT2D eigenvalue weighted by atomic mass is 16.2. The van der Waals surface area contributed by atoms with E-state index < -0.39 is 0 Å². The molecule has 1 amide bonds. The third-order valence-corrected chi connectivity index (χ3v) is 3.91. The lowest BCUT2D eigenvalue weighted by atomic mass is 9.93. The second kappa shape index (κ2) is 5.74. The summed E-state index contributed by atoms with van der Waals surface area (Å²) in [6, 6.07) is 8.14. The van der Waals surface area contributed by atoms with E-state index >= 15 is 0 Å². The molecule has 3 heteroatoms. The molecule has 1 aliphatic rings. The Labute approximate surface area is 115 Å². The molecule has 0 saturated carbocycles. The first-order chi connectivity index (χ1) is 8.99. The first-order valence-electron chi connectivity index (χ1n) is 7.13. The van der Waals surface area contributed by atoms with Crippen LogP contribution in [0.3, 0.4) is 0 Å². The summed E-state index contributed by atoms with van der Waals surface area (Å²) in [4.78, 5) is 14.4. The molecule has 2 rings (SSSR count). The minimum absolute atomic E-state index is 0.0584. The fraction of sp³-hybridized carbons (Fsp3) is 0.562. The molecule has 3 nitrogen and oxygen atoms in total. The maximum atomic E-state index is 12.5. The SMILES string of the molecule is CC1Cc2ccccc2N(C(=O)CC(N)C(C)C)C1. The van der Waals surface area contributed by atoms with Gasteiger partial charge in [0.2, 0.25) is 5.91 Å². The molecular weight excluding hydrogens is 236 g/mol. The third kappa shape index (κ3) is 3.16. The first-order valence-corrected chi connectivity index (χ1v) is 7.13. The van der Waals surface area contributed by atoms with Gasteiger partial charge >= 0.3 is 0 Å². The number of nitrogens with two attached hydrogens (primary N) is 1. The van der Waals surface area contributed by atoms with Crippen molar-refractivity contribution in [1.82, 2.24) is 0 Å². The molecule has 0 spiro atoms. The summed E-state index contributed by atoms with van der Waals surface area (Å²) in [5.41, 5.74) is 8.37. The van der Waals surface area contributed by atoms with Gasteiger partial charge in [-0.3, -0.25) is 4.79 Å². The molecule has 0 saturated heterocycles. The number of benzene rings is 1. The molecule has 2 N–H and O–H groups in total. The number of para-hydroxylation sites is 1. The van der Waals surface area contributed by atoms with Crippen molar-refractivity contribution in [2.45, 2.75) is 39.7 Å². The summed E-state index contributed by atoms with van der Waals surface area (Å²) in [5, 5.41) is 0. The van der Waals surface area contributed by atoms with E-state index in [1.165, 1.54) is 5.56 Å². The molecule has 0 aliphatic carbocycles. The number of hydrogen-bond donors (Lipinski definition) is 1. The lowest BCUT2D eigenvalue weighted by Gasteiger charge is -2.34. The Morgan fingerprint density at radius 1 is 1.42 bits per heavy atom. The van der Waals surface area contributed by atoms with Crippen LogP contribution >= 0.6 is 0 Å². The summed E-state index contributed by atoms with van der Waals surface area (Å²) in [7, 11) is 0. The van der Waals surface area contributed by atoms with Gasteiger partial charge in [0.05, 0.1) is 0 Å². The van der Waals surface area contributed by atoms with E-state index in [-0.39, 0.29) is 11.9 Å². The van der Waals surface area contributed by atoms with E-state index in [0.717, 1.165) is 18.7 Å². The van der Waals surface area contributed by atoms with E-state index in [1.54, 1.807) is 0 Å². The third-order valence-electron chi connectivity index (χ3n) is 3.91. The fourth-order valence-electron chi connectivity index (χ4n) is 2.58. The van der Waals surface area contributed by atoms with Gasteiger partial charge in [-0.2, -0.15) is 0 Å². The molecule has 1 aromatic rings. The van der Waals surface area contributed by atoms with E-state index in [0.29, 0.717) is 18.3 Å². The Balaban J connectivity index is 2.18. The molecular formula is C16H24N2O. The monoisotopic (exact) mass is 260 g/mol. The van der Waals surface area contributed by atoms with Crippen LogP contribution in [0.1, 0.15) is 32.8 Å². The highest BCUT2D eigenvalue weighted by Crippen LogP contribution is 2.30. The Bertz CT molecular complexity index is 456. The number of carbonyl (C=O) groups is 1. The molecule has 0 bridgehead atoms. The Hall–Kier alpha value is -1.35. The topological polar surface area (TPSA) is 46.3 Å². The van der Waals surface area contributed by atoms with Crippen molar-refractivity contribution in [2.24, 2.45) is 17.6 Å². The van der Waals surface area contributed by atoms with Crippen molar-refractivity contribution in [3.63, 3.8) is 0 Å². The number of rotatable bonds is 3. The van der Waals surface area contributed by atoms with Crippen LogP contribution in [0, 0.1) is 11.8 Å². The van der Waals surface area contributed by atoms with Crippen molar-refractivity contribution in [1.29, 1.82) is 0 Å². The van der Waals surface area contributed by atoms with E-state index in [9.17, 15) is 4.79 Å². The van der Waals surface area contributed by atoms with Crippen LogP contribution in [0.4, 0.5) is 5.69 Å². The van der Waals surface area contributed by atoms with E-state index in [4.69, 9.17) is 5.73 Å². The zero-order valence-corrected chi connectivity index (χ0v) is 12.1. The Kier molecular flexibility index (Phi) is 4.25. The fourth-order valence-corrected chi connectivity index (χ4v) is 2.58. The lowest BCUT2D eigenvalue weighted by molar-refractivity contribution is -0.119. The molecule has 1 aromatic carbocycles. The Morgan fingerprint density at radius 2 is 2.11 bits per heavy atom. The zero-order valence-electron chi connectivity index (χ0n) is 12.1. The molecule has 0 fully saturated rings. The lowest BCUT2D eigenvalue weighted by Crippen LogP contribution is -2.42. The van der Waals surface area contributed by atoms with Crippen LogP contribution in [0.2, 0.25) is 0 Å². The molecule has 0 aromatic heterocycles. The van der Waals surface area contributed by atoms with Crippen LogP contribution in [-0.2, 0) is 11.2 Å². The highest BCUT2D eigenvalue weighted by Gasteiger charge is 2.27. The molecule has 2 atom stereocenters. The van der Waals surface area contributed by atoms with Gasteiger partial charge in [0.15, 0.2) is 0 Å². The summed E-state index contributed by atoms with van der Waals surface area (Å²) >= 11 is 0. The summed E-state index contributed by atoms with van der Waals surface area (Å²) in [5.74, 6) is 0.996. The van der Waals surface area contributed by atoms with Crippen LogP contribution in [0.15, 0.2) is 24.3 Å². The summed E-state index contributed by atoms with van der Waals surface area (Å²) in [6.45, 7) is 7.12. The second-order valence-electron chi connectivity index (χ2n) is 6.05. The van der Waals surface area contributed by atoms with Gasteiger partial charge in [-0.15, -0.1) is 0 Å².